The summed E-state index contributed by atoms with van der Waals surface area (Å²) in [4.78, 5) is 27.0. The van der Waals surface area contributed by atoms with Gasteiger partial charge < -0.3 is 79.5 Å². The van der Waals surface area contributed by atoms with Gasteiger partial charge in [0.1, 0.15) is 61.0 Å². The van der Waals surface area contributed by atoms with Crippen molar-refractivity contribution in [3.63, 3.8) is 0 Å². The minimum absolute atomic E-state index is 0.0677. The monoisotopic (exact) mass is 926 g/mol. The number of carboxylic acids is 1. The Kier molecular flexibility index (Phi) is 13.1. The lowest BCUT2D eigenvalue weighted by atomic mass is 9.33. The Balaban J connectivity index is 1.03. The molecule has 8 rings (SSSR count). The van der Waals surface area contributed by atoms with Gasteiger partial charge in [-0.1, -0.05) is 60.1 Å². The number of carbonyl (C=O) groups is 2. The first kappa shape index (κ1) is 49.5. The van der Waals surface area contributed by atoms with Crippen LogP contribution in [0.2, 0.25) is 0 Å². The Bertz CT molecular complexity index is 1820. The molecule has 18 nitrogen and oxygen atoms in total. The summed E-state index contributed by atoms with van der Waals surface area (Å²) in [6, 6.07) is 0. The molecule has 18 heteroatoms. The third kappa shape index (κ3) is 7.76. The molecule has 0 radical (unpaired) electrons. The minimum atomic E-state index is -1.90. The number of aliphatic carboxylic acids is 1. The predicted octanol–water partition coefficient (Wildman–Crippen LogP) is 0.872. The predicted molar refractivity (Wildman–Crippen MR) is 225 cm³/mol. The fourth-order valence-corrected chi connectivity index (χ4v) is 14.7. The summed E-state index contributed by atoms with van der Waals surface area (Å²) in [6.45, 7) is 14.9. The van der Waals surface area contributed by atoms with Crippen molar-refractivity contribution in [2.24, 2.45) is 50.2 Å². The molecule has 65 heavy (non-hydrogen) atoms. The van der Waals surface area contributed by atoms with Gasteiger partial charge in [-0.05, 0) is 109 Å². The lowest BCUT2D eigenvalue weighted by Crippen LogP contribution is -2.67. The summed E-state index contributed by atoms with van der Waals surface area (Å²) in [5.41, 5.74) is -0.846. The second-order valence-corrected chi connectivity index (χ2v) is 23.1. The molecule has 8 aliphatic rings. The van der Waals surface area contributed by atoms with E-state index < -0.39 is 128 Å². The van der Waals surface area contributed by atoms with Gasteiger partial charge in [-0.15, -0.1) is 0 Å². The van der Waals surface area contributed by atoms with E-state index in [0.29, 0.717) is 19.3 Å². The second kappa shape index (κ2) is 17.2. The highest BCUT2D eigenvalue weighted by Crippen LogP contribution is 2.76. The molecule has 370 valence electrons. The largest absolute Gasteiger partial charge is 0.479 e. The number of aliphatic hydroxyl groups is 9. The molecule has 7 fully saturated rings. The molecule has 0 aromatic rings. The quantitative estimate of drug-likeness (QED) is 0.0918. The number of fused-ring (bicyclic) bond motifs is 7. The summed E-state index contributed by atoms with van der Waals surface area (Å²) in [7, 11) is 0. The Morgan fingerprint density at radius 3 is 2.06 bits per heavy atom. The van der Waals surface area contributed by atoms with Crippen LogP contribution in [0.4, 0.5) is 0 Å². The van der Waals surface area contributed by atoms with Crippen LogP contribution in [0.25, 0.3) is 0 Å². The van der Waals surface area contributed by atoms with Crippen molar-refractivity contribution in [3.8, 4) is 0 Å². The maximum atomic E-state index is 14.7. The van der Waals surface area contributed by atoms with Crippen molar-refractivity contribution in [2.45, 2.75) is 205 Å². The zero-order valence-corrected chi connectivity index (χ0v) is 38.7. The number of carbonyl (C=O) groups excluding carboxylic acids is 1. The maximum Gasteiger partial charge on any atom is 0.335 e. The standard InChI is InChI=1S/C47H74O18/c1-42(2)14-16-47(41(59)65-39-32(54)30(52)29(51)24(19-48)61-39)17-15-45(6)21(22(47)18-42)8-9-26-44(5)12-11-27(43(3,4)25(44)10-13-46(26,45)7)62-40-34(56)35(33(55)36(64-40)37(57)58)63-38-31(53)28(50)23(49)20-60-38/h8,22-36,38-40,48-56H,9-20H2,1-7H3,(H,57,58)/t22-,23+,24+,25?,26?,27-,28-,29+,30-,31+,32+,33-,34+,35-,36-,38-,39-,40+,44-,45+,46+,47-/m0/s1. The molecule has 0 aromatic carbocycles. The summed E-state index contributed by atoms with van der Waals surface area (Å²) >= 11 is 0. The molecule has 3 heterocycles. The third-order valence-electron chi connectivity index (χ3n) is 18.9. The minimum Gasteiger partial charge on any atom is -0.479 e. The van der Waals surface area contributed by atoms with E-state index in [4.69, 9.17) is 28.4 Å². The fourth-order valence-electron chi connectivity index (χ4n) is 14.7. The molecule has 2 unspecified atom stereocenters. The Labute approximate surface area is 380 Å². The van der Waals surface area contributed by atoms with E-state index in [1.54, 1.807) is 0 Å². The van der Waals surface area contributed by atoms with Crippen LogP contribution in [-0.2, 0) is 38.0 Å². The molecular weight excluding hydrogens is 852 g/mol. The Morgan fingerprint density at radius 1 is 0.708 bits per heavy atom. The van der Waals surface area contributed by atoms with Crippen molar-refractivity contribution in [1.29, 1.82) is 0 Å². The van der Waals surface area contributed by atoms with Crippen LogP contribution in [0.3, 0.4) is 0 Å². The average molecular weight is 927 g/mol. The van der Waals surface area contributed by atoms with Gasteiger partial charge in [-0.3, -0.25) is 4.79 Å². The first-order chi connectivity index (χ1) is 30.3. The van der Waals surface area contributed by atoms with Crippen molar-refractivity contribution in [2.75, 3.05) is 13.2 Å². The Morgan fingerprint density at radius 2 is 1.38 bits per heavy atom. The van der Waals surface area contributed by atoms with Crippen LogP contribution in [0.15, 0.2) is 11.6 Å². The topological polar surface area (TPSA) is 292 Å². The smallest absolute Gasteiger partial charge is 0.335 e. The molecule has 5 aliphatic carbocycles. The molecule has 10 N–H and O–H groups in total. The lowest BCUT2D eigenvalue weighted by molar-refractivity contribution is -0.357. The van der Waals surface area contributed by atoms with E-state index in [-0.39, 0.29) is 39.4 Å². The van der Waals surface area contributed by atoms with Crippen LogP contribution in [0.1, 0.15) is 113 Å². The fraction of sp³-hybridized carbons (Fsp3) is 0.915. The summed E-state index contributed by atoms with van der Waals surface area (Å²) < 4.78 is 35.1. The molecule has 3 aliphatic heterocycles. The zero-order valence-electron chi connectivity index (χ0n) is 38.7. The second-order valence-electron chi connectivity index (χ2n) is 23.1. The van der Waals surface area contributed by atoms with Crippen LogP contribution < -0.4 is 0 Å². The first-order valence-corrected chi connectivity index (χ1v) is 23.7. The number of carboxylic acid groups (broad SMARTS) is 1. The summed E-state index contributed by atoms with van der Waals surface area (Å²) in [5, 5.41) is 105. The van der Waals surface area contributed by atoms with Gasteiger partial charge in [0.05, 0.1) is 24.7 Å². The number of hydrogen-bond donors (Lipinski definition) is 10. The average Bonchev–Trinajstić information content (AvgIpc) is 3.24. The molecule has 4 saturated carbocycles. The third-order valence-corrected chi connectivity index (χ3v) is 18.9. The van der Waals surface area contributed by atoms with Crippen molar-refractivity contribution >= 4 is 11.9 Å². The number of aliphatic hydroxyl groups excluding tert-OH is 9. The van der Waals surface area contributed by atoms with Gasteiger partial charge in [0.15, 0.2) is 18.7 Å². The number of esters is 1. The summed E-state index contributed by atoms with van der Waals surface area (Å²) in [5.74, 6) is -1.80. The first-order valence-electron chi connectivity index (χ1n) is 23.7. The normalized spacial score (nSPS) is 52.7. The number of rotatable bonds is 8. The van der Waals surface area contributed by atoms with Crippen molar-refractivity contribution in [3.05, 3.63) is 11.6 Å². The highest BCUT2D eigenvalue weighted by Gasteiger charge is 2.70. The van der Waals surface area contributed by atoms with Crippen molar-refractivity contribution < 1.29 is 89.1 Å². The van der Waals surface area contributed by atoms with Crippen LogP contribution in [0, 0.1) is 50.2 Å². The highest BCUT2D eigenvalue weighted by atomic mass is 16.7. The number of allylic oxidation sites excluding steroid dienone is 2. The lowest BCUT2D eigenvalue weighted by Gasteiger charge is -2.71. The van der Waals surface area contributed by atoms with Crippen LogP contribution in [-0.4, -0.2) is 168 Å². The van der Waals surface area contributed by atoms with E-state index in [0.717, 1.165) is 44.9 Å². The van der Waals surface area contributed by atoms with Crippen LogP contribution in [0.5, 0.6) is 0 Å². The van der Waals surface area contributed by atoms with E-state index in [1.807, 2.05) is 0 Å². The van der Waals surface area contributed by atoms with Gasteiger partial charge in [0.2, 0.25) is 6.29 Å². The highest BCUT2D eigenvalue weighted by molar-refractivity contribution is 5.79. The Hall–Kier alpha value is -1.88. The van der Waals surface area contributed by atoms with Gasteiger partial charge in [-0.2, -0.15) is 0 Å². The van der Waals surface area contributed by atoms with E-state index >= 15 is 0 Å². The zero-order chi connectivity index (χ0) is 47.6. The van der Waals surface area contributed by atoms with E-state index in [9.17, 15) is 60.7 Å². The van der Waals surface area contributed by atoms with E-state index in [1.165, 1.54) is 5.57 Å². The SMILES string of the molecule is CC1(C)CC[C@]2(C(=O)O[C@@H]3O[C@H](CO)[C@@H](O)[C@H](O)[C@H]3O)CC[C@]3(C)C(=CCC4[C@@]5(C)CC[C@H](O[C@@H]6O[C@H](C(=O)O)[C@@H](O)[C@H](O[C@@H]7OC[C@@H](O)[C@H](O)[C@H]7O)[C@H]6O)C(C)(C)C5CC[C@]43C)[C@@H]2C1. The molecule has 22 atom stereocenters. The number of ether oxygens (including phenoxy) is 6. The van der Waals surface area contributed by atoms with Crippen LogP contribution >= 0.6 is 0 Å². The molecule has 0 bridgehead atoms. The number of hydrogen-bond acceptors (Lipinski definition) is 17. The maximum absolute atomic E-state index is 14.7. The molecule has 0 spiro atoms. The van der Waals surface area contributed by atoms with Gasteiger partial charge >= 0.3 is 11.9 Å². The molecular formula is C47H74O18. The van der Waals surface area contributed by atoms with Gasteiger partial charge in [0, 0.05) is 0 Å². The van der Waals surface area contributed by atoms with E-state index in [2.05, 4.69) is 54.5 Å². The van der Waals surface area contributed by atoms with Gasteiger partial charge in [0.25, 0.3) is 0 Å². The molecule has 0 aromatic heterocycles. The molecule has 0 amide bonds. The summed E-state index contributed by atoms with van der Waals surface area (Å²) in [6.07, 6.45) is -13.7. The molecule has 3 saturated heterocycles. The van der Waals surface area contributed by atoms with Crippen molar-refractivity contribution in [1.82, 2.24) is 0 Å². The van der Waals surface area contributed by atoms with Gasteiger partial charge in [-0.25, -0.2) is 4.79 Å².